The molecule has 0 aliphatic carbocycles. The van der Waals surface area contributed by atoms with Crippen LogP contribution in [0, 0.1) is 0 Å². The minimum absolute atomic E-state index is 0.0112. The number of esters is 1. The largest absolute Gasteiger partial charge is 0.464 e. The van der Waals surface area contributed by atoms with E-state index in [1.165, 1.54) is 0 Å². The van der Waals surface area contributed by atoms with Crippen LogP contribution in [0.3, 0.4) is 0 Å². The second-order valence-corrected chi connectivity index (χ2v) is 6.08. The summed E-state index contributed by atoms with van der Waals surface area (Å²) in [5.41, 5.74) is 0. The van der Waals surface area contributed by atoms with Crippen LogP contribution >= 0.6 is 11.8 Å². The molecule has 114 valence electrons. The quantitative estimate of drug-likeness (QED) is 0.730. The molecule has 0 aromatic rings. The molecule has 0 bridgehead atoms. The lowest BCUT2D eigenvalue weighted by molar-refractivity contribution is -0.154. The van der Waals surface area contributed by atoms with Crippen LogP contribution in [-0.4, -0.2) is 73.3 Å². The van der Waals surface area contributed by atoms with Crippen LogP contribution in [-0.2, 0) is 19.1 Å². The van der Waals surface area contributed by atoms with Crippen molar-refractivity contribution in [2.24, 2.45) is 0 Å². The molecule has 3 unspecified atom stereocenters. The van der Waals surface area contributed by atoms with Crippen molar-refractivity contribution in [2.45, 2.75) is 31.5 Å². The molecule has 1 N–H and O–H groups in total. The summed E-state index contributed by atoms with van der Waals surface area (Å²) in [6.07, 6.45) is 0.735. The van der Waals surface area contributed by atoms with Gasteiger partial charge in [-0.3, -0.25) is 4.79 Å². The average Bonchev–Trinajstić information content (AvgIpc) is 2.95. The third-order valence-electron chi connectivity index (χ3n) is 3.69. The Morgan fingerprint density at radius 2 is 2.25 bits per heavy atom. The number of thioether (sulfide) groups is 1. The standard InChI is InChI=1S/C13H22N2O4S/c1-3-19-13(17)11-8-20-5-4-15(11)12(16)10-6-9(18-2)7-14-10/h9-11,14H,3-8H2,1-2H3. The first-order valence-electron chi connectivity index (χ1n) is 6.98. The average molecular weight is 302 g/mol. The summed E-state index contributed by atoms with van der Waals surface area (Å²) in [4.78, 5) is 26.2. The fourth-order valence-electron chi connectivity index (χ4n) is 2.57. The van der Waals surface area contributed by atoms with E-state index in [0.717, 1.165) is 5.75 Å². The fraction of sp³-hybridized carbons (Fsp3) is 0.846. The third-order valence-corrected chi connectivity index (χ3v) is 4.71. The summed E-state index contributed by atoms with van der Waals surface area (Å²) in [6.45, 7) is 3.40. The first kappa shape index (κ1) is 15.6. The normalized spacial score (nSPS) is 30.3. The van der Waals surface area contributed by atoms with Crippen LogP contribution in [0.25, 0.3) is 0 Å². The monoisotopic (exact) mass is 302 g/mol. The Morgan fingerprint density at radius 3 is 2.90 bits per heavy atom. The smallest absolute Gasteiger partial charge is 0.329 e. The lowest BCUT2D eigenvalue weighted by Crippen LogP contribution is -2.55. The number of ether oxygens (including phenoxy) is 2. The summed E-state index contributed by atoms with van der Waals surface area (Å²) < 4.78 is 10.3. The van der Waals surface area contributed by atoms with E-state index < -0.39 is 6.04 Å². The maximum absolute atomic E-state index is 12.6. The van der Waals surface area contributed by atoms with Gasteiger partial charge in [0.05, 0.1) is 18.8 Å². The highest BCUT2D eigenvalue weighted by Gasteiger charge is 2.39. The van der Waals surface area contributed by atoms with Gasteiger partial charge in [-0.15, -0.1) is 0 Å². The number of amides is 1. The molecule has 2 aliphatic heterocycles. The van der Waals surface area contributed by atoms with Gasteiger partial charge in [-0.05, 0) is 13.3 Å². The van der Waals surface area contributed by atoms with Gasteiger partial charge < -0.3 is 19.7 Å². The fourth-order valence-corrected chi connectivity index (χ4v) is 3.60. The summed E-state index contributed by atoms with van der Waals surface area (Å²) in [6, 6.07) is -0.704. The zero-order valence-corrected chi connectivity index (χ0v) is 12.8. The molecule has 3 atom stereocenters. The van der Waals surface area contributed by atoms with Crippen molar-refractivity contribution in [1.29, 1.82) is 0 Å². The van der Waals surface area contributed by atoms with Crippen molar-refractivity contribution in [2.75, 3.05) is 38.3 Å². The maximum atomic E-state index is 12.6. The Bertz CT molecular complexity index is 366. The van der Waals surface area contributed by atoms with Crippen LogP contribution in [0.1, 0.15) is 13.3 Å². The van der Waals surface area contributed by atoms with E-state index in [4.69, 9.17) is 9.47 Å². The summed E-state index contributed by atoms with van der Waals surface area (Å²) >= 11 is 1.69. The minimum atomic E-state index is -0.454. The highest BCUT2D eigenvalue weighted by atomic mass is 32.2. The Labute approximate surface area is 123 Å². The second kappa shape index (κ2) is 7.28. The van der Waals surface area contributed by atoms with Crippen molar-refractivity contribution in [3.63, 3.8) is 0 Å². The predicted molar refractivity (Wildman–Crippen MR) is 76.7 cm³/mol. The van der Waals surface area contributed by atoms with Crippen LogP contribution < -0.4 is 5.32 Å². The molecular formula is C13H22N2O4S. The molecule has 0 aromatic carbocycles. The number of carbonyl (C=O) groups is 2. The van der Waals surface area contributed by atoms with E-state index >= 15 is 0 Å². The molecule has 20 heavy (non-hydrogen) atoms. The zero-order chi connectivity index (χ0) is 14.5. The lowest BCUT2D eigenvalue weighted by Gasteiger charge is -2.35. The van der Waals surface area contributed by atoms with Gasteiger partial charge >= 0.3 is 5.97 Å². The number of hydrogen-bond donors (Lipinski definition) is 1. The SMILES string of the molecule is CCOC(=O)C1CSCCN1C(=O)C1CC(OC)CN1. The van der Waals surface area contributed by atoms with Crippen molar-refractivity contribution in [3.8, 4) is 0 Å². The Balaban J connectivity index is 2.00. The Kier molecular flexibility index (Phi) is 5.68. The highest BCUT2D eigenvalue weighted by Crippen LogP contribution is 2.21. The van der Waals surface area contributed by atoms with E-state index in [2.05, 4.69) is 5.32 Å². The highest BCUT2D eigenvalue weighted by molar-refractivity contribution is 7.99. The number of nitrogens with one attached hydrogen (secondary N) is 1. The molecule has 0 saturated carbocycles. The number of rotatable bonds is 4. The number of hydrogen-bond acceptors (Lipinski definition) is 6. The molecule has 2 aliphatic rings. The predicted octanol–water partition coefficient (Wildman–Crippen LogP) is -0.130. The van der Waals surface area contributed by atoms with Crippen LogP contribution in [0.4, 0.5) is 0 Å². The number of carbonyl (C=O) groups excluding carboxylic acids is 2. The van der Waals surface area contributed by atoms with Crippen molar-refractivity contribution in [1.82, 2.24) is 10.2 Å². The van der Waals surface area contributed by atoms with Gasteiger partial charge in [-0.1, -0.05) is 0 Å². The van der Waals surface area contributed by atoms with Gasteiger partial charge in [0.1, 0.15) is 6.04 Å². The topological polar surface area (TPSA) is 67.9 Å². The first-order chi connectivity index (χ1) is 9.67. The molecule has 1 amide bonds. The van der Waals surface area contributed by atoms with Gasteiger partial charge in [-0.2, -0.15) is 11.8 Å². The first-order valence-corrected chi connectivity index (χ1v) is 8.13. The van der Waals surface area contributed by atoms with E-state index in [-0.39, 0.29) is 24.0 Å². The molecule has 2 saturated heterocycles. The summed E-state index contributed by atoms with van der Waals surface area (Å²) in [7, 11) is 1.65. The maximum Gasteiger partial charge on any atom is 0.329 e. The molecular weight excluding hydrogens is 280 g/mol. The van der Waals surface area contributed by atoms with Gasteiger partial charge in [0, 0.05) is 31.7 Å². The molecule has 2 heterocycles. The number of nitrogens with zero attached hydrogens (tertiary/aromatic N) is 1. The van der Waals surface area contributed by atoms with E-state index in [1.54, 1.807) is 30.7 Å². The molecule has 0 radical (unpaired) electrons. The summed E-state index contributed by atoms with van der Waals surface area (Å²) in [5, 5.41) is 3.17. The molecule has 0 spiro atoms. The van der Waals surface area contributed by atoms with Gasteiger partial charge in [0.15, 0.2) is 0 Å². The Morgan fingerprint density at radius 1 is 1.45 bits per heavy atom. The van der Waals surface area contributed by atoms with Crippen LogP contribution in [0.15, 0.2) is 0 Å². The van der Waals surface area contributed by atoms with Crippen molar-refractivity contribution >= 4 is 23.6 Å². The van der Waals surface area contributed by atoms with E-state index in [0.29, 0.717) is 31.9 Å². The van der Waals surface area contributed by atoms with Gasteiger partial charge in [-0.25, -0.2) is 4.79 Å². The second-order valence-electron chi connectivity index (χ2n) is 4.93. The number of methoxy groups -OCH3 is 1. The molecule has 0 aromatic heterocycles. The summed E-state index contributed by atoms with van der Waals surface area (Å²) in [5.74, 6) is 1.17. The van der Waals surface area contributed by atoms with E-state index in [9.17, 15) is 9.59 Å². The third kappa shape index (κ3) is 3.45. The van der Waals surface area contributed by atoms with E-state index in [1.807, 2.05) is 0 Å². The van der Waals surface area contributed by atoms with Gasteiger partial charge in [0.2, 0.25) is 5.91 Å². The minimum Gasteiger partial charge on any atom is -0.464 e. The Hall–Kier alpha value is -0.790. The van der Waals surface area contributed by atoms with Gasteiger partial charge in [0.25, 0.3) is 0 Å². The van der Waals surface area contributed by atoms with Crippen LogP contribution in [0.5, 0.6) is 0 Å². The van der Waals surface area contributed by atoms with Crippen molar-refractivity contribution < 1.29 is 19.1 Å². The molecule has 2 rings (SSSR count). The molecule has 7 heteroatoms. The molecule has 2 fully saturated rings. The lowest BCUT2D eigenvalue weighted by atomic mass is 10.1. The van der Waals surface area contributed by atoms with Crippen LogP contribution in [0.2, 0.25) is 0 Å². The van der Waals surface area contributed by atoms with Crippen molar-refractivity contribution in [3.05, 3.63) is 0 Å². The zero-order valence-electron chi connectivity index (χ0n) is 12.0. The molecule has 6 nitrogen and oxygen atoms in total.